The van der Waals surface area contributed by atoms with Crippen molar-refractivity contribution in [3.05, 3.63) is 47.1 Å². The van der Waals surface area contributed by atoms with Crippen molar-refractivity contribution in [1.82, 2.24) is 0 Å². The van der Waals surface area contributed by atoms with Crippen molar-refractivity contribution >= 4 is 11.9 Å². The molecule has 0 unspecified atom stereocenters. The van der Waals surface area contributed by atoms with Crippen LogP contribution in [0.4, 0.5) is 0 Å². The molecule has 0 N–H and O–H groups in total. The van der Waals surface area contributed by atoms with Crippen molar-refractivity contribution in [2.75, 3.05) is 0 Å². The molecule has 0 bridgehead atoms. The van der Waals surface area contributed by atoms with Crippen LogP contribution in [-0.2, 0) is 19.1 Å². The number of fused-ring (bicyclic) bond motifs is 1. The van der Waals surface area contributed by atoms with Gasteiger partial charge in [-0.15, -0.1) is 0 Å². The second kappa shape index (κ2) is 7.65. The zero-order chi connectivity index (χ0) is 17.9. The van der Waals surface area contributed by atoms with Crippen LogP contribution in [0, 0.1) is 5.92 Å². The molecular formula is C20H26O4. The lowest BCUT2D eigenvalue weighted by Gasteiger charge is -2.21. The van der Waals surface area contributed by atoms with Gasteiger partial charge in [0.2, 0.25) is 0 Å². The average Bonchev–Trinajstić information content (AvgIpc) is 2.77. The standard InChI is InChI=1S/C20H26O4/c1-6-14(4)19(21)23-16-9-12(2)7-8-17-15(5)20(22)24-18(17)11-13(3)10-16/h6,9,11,16-18H,5,7-8,10H2,1-4H3/b12-9+,13-11+,14-6-/t16-,17+,18-/m1/s1. The van der Waals surface area contributed by atoms with E-state index in [4.69, 9.17) is 9.47 Å². The fourth-order valence-electron chi connectivity index (χ4n) is 3.05. The Labute approximate surface area is 143 Å². The molecule has 0 aromatic heterocycles. The Bertz CT molecular complexity index is 636. The summed E-state index contributed by atoms with van der Waals surface area (Å²) in [5, 5.41) is 0. The second-order valence-electron chi connectivity index (χ2n) is 6.69. The van der Waals surface area contributed by atoms with Gasteiger partial charge in [0.15, 0.2) is 0 Å². The highest BCUT2D eigenvalue weighted by molar-refractivity contribution is 5.91. The van der Waals surface area contributed by atoms with Crippen molar-refractivity contribution in [3.63, 3.8) is 0 Å². The number of carbonyl (C=O) groups is 2. The maximum Gasteiger partial charge on any atom is 0.334 e. The maximum atomic E-state index is 12.1. The second-order valence-corrected chi connectivity index (χ2v) is 6.69. The molecule has 4 nitrogen and oxygen atoms in total. The lowest BCUT2D eigenvalue weighted by Crippen LogP contribution is -2.20. The van der Waals surface area contributed by atoms with Crippen LogP contribution >= 0.6 is 0 Å². The van der Waals surface area contributed by atoms with Gasteiger partial charge in [-0.3, -0.25) is 0 Å². The molecule has 1 aliphatic carbocycles. The van der Waals surface area contributed by atoms with Crippen LogP contribution in [0.15, 0.2) is 47.1 Å². The molecular weight excluding hydrogens is 304 g/mol. The summed E-state index contributed by atoms with van der Waals surface area (Å²) in [4.78, 5) is 23.9. The quantitative estimate of drug-likeness (QED) is 0.436. The van der Waals surface area contributed by atoms with Gasteiger partial charge in [0.25, 0.3) is 0 Å². The largest absolute Gasteiger partial charge is 0.454 e. The normalized spacial score (nSPS) is 32.8. The van der Waals surface area contributed by atoms with E-state index >= 15 is 0 Å². The molecule has 1 aliphatic heterocycles. The fraction of sp³-hybridized carbons (Fsp3) is 0.500. The molecule has 4 heteroatoms. The van der Waals surface area contributed by atoms with E-state index in [0.29, 0.717) is 17.6 Å². The van der Waals surface area contributed by atoms with Crippen LogP contribution in [0.2, 0.25) is 0 Å². The number of carbonyl (C=O) groups excluding carboxylic acids is 2. The van der Waals surface area contributed by atoms with E-state index in [9.17, 15) is 9.59 Å². The van der Waals surface area contributed by atoms with E-state index in [1.807, 2.05) is 32.9 Å². The number of esters is 2. The molecule has 1 heterocycles. The number of allylic oxidation sites excluding steroid dienone is 2. The van der Waals surface area contributed by atoms with Crippen LogP contribution in [-0.4, -0.2) is 24.1 Å². The summed E-state index contributed by atoms with van der Waals surface area (Å²) in [5.74, 6) is -0.572. The lowest BCUT2D eigenvalue weighted by atomic mass is 9.88. The van der Waals surface area contributed by atoms with Gasteiger partial charge in [0, 0.05) is 23.5 Å². The van der Waals surface area contributed by atoms with Crippen LogP contribution in [0.5, 0.6) is 0 Å². The highest BCUT2D eigenvalue weighted by atomic mass is 16.6. The molecule has 0 amide bonds. The third-order valence-electron chi connectivity index (χ3n) is 4.65. The van der Waals surface area contributed by atoms with Gasteiger partial charge in [-0.25, -0.2) is 9.59 Å². The molecule has 130 valence electrons. The predicted molar refractivity (Wildman–Crippen MR) is 93.2 cm³/mol. The minimum atomic E-state index is -0.305. The van der Waals surface area contributed by atoms with E-state index in [0.717, 1.165) is 24.0 Å². The Morgan fingerprint density at radius 1 is 1.33 bits per heavy atom. The molecule has 0 aromatic rings. The average molecular weight is 330 g/mol. The summed E-state index contributed by atoms with van der Waals surface area (Å²) >= 11 is 0. The van der Waals surface area contributed by atoms with Gasteiger partial charge < -0.3 is 9.47 Å². The topological polar surface area (TPSA) is 52.6 Å². The highest BCUT2D eigenvalue weighted by Gasteiger charge is 2.37. The van der Waals surface area contributed by atoms with Gasteiger partial charge in [-0.1, -0.05) is 23.8 Å². The first-order valence-corrected chi connectivity index (χ1v) is 8.40. The Balaban J connectivity index is 2.22. The molecule has 0 aromatic carbocycles. The predicted octanol–water partition coefficient (Wildman–Crippen LogP) is 4.04. The SMILES string of the molecule is C=C1C(=O)O[C@@H]2/C=C(\C)C[C@H](OC(=O)/C(C)=C\C)/C=C(\C)CC[C@@H]12. The molecule has 2 rings (SSSR count). The zero-order valence-electron chi connectivity index (χ0n) is 14.9. The van der Waals surface area contributed by atoms with E-state index in [1.165, 1.54) is 0 Å². The third-order valence-corrected chi connectivity index (χ3v) is 4.65. The van der Waals surface area contributed by atoms with Crippen LogP contribution in [0.25, 0.3) is 0 Å². The van der Waals surface area contributed by atoms with Crippen LogP contribution in [0.1, 0.15) is 47.0 Å². The summed E-state index contributed by atoms with van der Waals surface area (Å²) in [5.41, 5.74) is 3.34. The summed E-state index contributed by atoms with van der Waals surface area (Å²) in [6.45, 7) is 11.4. The Kier molecular flexibility index (Phi) is 5.81. The molecule has 0 radical (unpaired) electrons. The van der Waals surface area contributed by atoms with E-state index in [2.05, 4.69) is 6.58 Å². The monoisotopic (exact) mass is 330 g/mol. The van der Waals surface area contributed by atoms with Gasteiger partial charge in [0.1, 0.15) is 12.2 Å². The van der Waals surface area contributed by atoms with Crippen molar-refractivity contribution in [3.8, 4) is 0 Å². The zero-order valence-corrected chi connectivity index (χ0v) is 14.9. The van der Waals surface area contributed by atoms with Crippen molar-refractivity contribution < 1.29 is 19.1 Å². The Hall–Kier alpha value is -2.10. The number of rotatable bonds is 2. The Morgan fingerprint density at radius 3 is 2.71 bits per heavy atom. The first-order valence-electron chi connectivity index (χ1n) is 8.40. The summed E-state index contributed by atoms with van der Waals surface area (Å²) in [6.07, 6.45) is 7.38. The smallest absolute Gasteiger partial charge is 0.334 e. The van der Waals surface area contributed by atoms with Gasteiger partial charge >= 0.3 is 11.9 Å². The Morgan fingerprint density at radius 2 is 2.04 bits per heavy atom. The van der Waals surface area contributed by atoms with Crippen LogP contribution in [0.3, 0.4) is 0 Å². The summed E-state index contributed by atoms with van der Waals surface area (Å²) in [6, 6.07) is 0. The third kappa shape index (κ3) is 4.25. The van der Waals surface area contributed by atoms with E-state index in [-0.39, 0.29) is 30.1 Å². The minimum Gasteiger partial charge on any atom is -0.454 e. The van der Waals surface area contributed by atoms with Crippen molar-refractivity contribution in [1.29, 1.82) is 0 Å². The minimum absolute atomic E-state index is 0.0279. The molecule has 1 fully saturated rings. The van der Waals surface area contributed by atoms with Crippen molar-refractivity contribution in [2.24, 2.45) is 5.92 Å². The number of hydrogen-bond donors (Lipinski definition) is 0. The number of ether oxygens (including phenoxy) is 2. The van der Waals surface area contributed by atoms with E-state index < -0.39 is 0 Å². The molecule has 24 heavy (non-hydrogen) atoms. The molecule has 3 atom stereocenters. The van der Waals surface area contributed by atoms with Crippen molar-refractivity contribution in [2.45, 2.75) is 59.2 Å². The lowest BCUT2D eigenvalue weighted by molar-refractivity contribution is -0.142. The van der Waals surface area contributed by atoms with Gasteiger partial charge in [-0.05, 0) is 52.7 Å². The molecule has 2 aliphatic rings. The molecule has 1 saturated heterocycles. The highest BCUT2D eigenvalue weighted by Crippen LogP contribution is 2.34. The van der Waals surface area contributed by atoms with E-state index in [1.54, 1.807) is 13.0 Å². The van der Waals surface area contributed by atoms with Gasteiger partial charge in [-0.2, -0.15) is 0 Å². The molecule has 0 spiro atoms. The first kappa shape index (κ1) is 18.2. The summed E-state index contributed by atoms with van der Waals surface area (Å²) in [7, 11) is 0. The summed E-state index contributed by atoms with van der Waals surface area (Å²) < 4.78 is 11.1. The maximum absolute atomic E-state index is 12.1. The van der Waals surface area contributed by atoms with Crippen LogP contribution < -0.4 is 0 Å². The first-order chi connectivity index (χ1) is 11.3. The molecule has 0 saturated carbocycles. The van der Waals surface area contributed by atoms with Gasteiger partial charge in [0.05, 0.1) is 0 Å². The fourth-order valence-corrected chi connectivity index (χ4v) is 3.05. The number of hydrogen-bond acceptors (Lipinski definition) is 4.